The monoisotopic (exact) mass is 305 g/mol. The van der Waals surface area contributed by atoms with Crippen LogP contribution in [0, 0.1) is 12.3 Å². The number of carbonyl (C=O) groups is 1. The summed E-state index contributed by atoms with van der Waals surface area (Å²) >= 11 is 0. The molecule has 22 heavy (non-hydrogen) atoms. The Morgan fingerprint density at radius 3 is 2.91 bits per heavy atom. The Hall–Kier alpha value is -1.36. The van der Waals surface area contributed by atoms with Crippen LogP contribution in [0.1, 0.15) is 51.0 Å². The van der Waals surface area contributed by atoms with E-state index in [-0.39, 0.29) is 11.3 Å². The molecule has 5 heteroatoms. The quantitative estimate of drug-likeness (QED) is 0.878. The van der Waals surface area contributed by atoms with E-state index < -0.39 is 0 Å². The lowest BCUT2D eigenvalue weighted by atomic mass is 9.60. The third-order valence-electron chi connectivity index (χ3n) is 5.35. The molecule has 0 radical (unpaired) electrons. The normalized spacial score (nSPS) is 26.1. The maximum absolute atomic E-state index is 12.2. The van der Waals surface area contributed by atoms with Gasteiger partial charge in [-0.15, -0.1) is 0 Å². The van der Waals surface area contributed by atoms with Gasteiger partial charge in [0.25, 0.3) is 0 Å². The third-order valence-corrected chi connectivity index (χ3v) is 5.35. The number of nitrogens with one attached hydrogen (secondary N) is 1. The van der Waals surface area contributed by atoms with Gasteiger partial charge in [0.1, 0.15) is 0 Å². The fourth-order valence-electron chi connectivity index (χ4n) is 4.16. The molecule has 5 nitrogen and oxygen atoms in total. The molecule has 1 aromatic rings. The molecule has 3 rings (SSSR count). The van der Waals surface area contributed by atoms with Gasteiger partial charge in [-0.25, -0.2) is 0 Å². The van der Waals surface area contributed by atoms with Crippen molar-refractivity contribution in [2.45, 2.75) is 71.1 Å². The number of aromatic nitrogens is 2. The minimum atomic E-state index is 0.138. The highest BCUT2D eigenvalue weighted by molar-refractivity contribution is 5.76. The van der Waals surface area contributed by atoms with E-state index in [1.54, 1.807) is 0 Å². The lowest BCUT2D eigenvalue weighted by molar-refractivity contribution is -0.144. The van der Waals surface area contributed by atoms with Gasteiger partial charge in [0.2, 0.25) is 5.91 Å². The molecule has 0 unspecified atom stereocenters. The molecule has 2 fully saturated rings. The summed E-state index contributed by atoms with van der Waals surface area (Å²) in [6.07, 6.45) is 10.5. The molecule has 0 aromatic carbocycles. The van der Waals surface area contributed by atoms with E-state index >= 15 is 0 Å². The molecular weight excluding hydrogens is 278 g/mol. The van der Waals surface area contributed by atoms with Crippen molar-refractivity contribution in [2.24, 2.45) is 5.41 Å². The Labute approximate surface area is 132 Å². The van der Waals surface area contributed by atoms with Crippen LogP contribution in [0.25, 0.3) is 0 Å². The number of nitrogens with zero attached hydrogens (tertiary/aromatic N) is 2. The maximum atomic E-state index is 12.2. The van der Waals surface area contributed by atoms with Crippen LogP contribution in [0.15, 0.2) is 12.4 Å². The van der Waals surface area contributed by atoms with Gasteiger partial charge in [-0.2, -0.15) is 5.10 Å². The van der Waals surface area contributed by atoms with Gasteiger partial charge in [-0.1, -0.05) is 12.8 Å². The second-order valence-corrected chi connectivity index (χ2v) is 6.77. The summed E-state index contributed by atoms with van der Waals surface area (Å²) in [6, 6.07) is 0.304. The number of hydrogen-bond donors (Lipinski definition) is 1. The summed E-state index contributed by atoms with van der Waals surface area (Å²) in [5.74, 6) is 0.138. The maximum Gasteiger partial charge on any atom is 0.222 e. The minimum Gasteiger partial charge on any atom is -0.378 e. The predicted molar refractivity (Wildman–Crippen MR) is 84.4 cm³/mol. The van der Waals surface area contributed by atoms with Gasteiger partial charge in [-0.3, -0.25) is 9.48 Å². The van der Waals surface area contributed by atoms with E-state index in [1.165, 1.54) is 25.7 Å². The van der Waals surface area contributed by atoms with Crippen molar-refractivity contribution in [2.75, 3.05) is 6.61 Å². The second-order valence-electron chi connectivity index (χ2n) is 6.77. The Bertz CT molecular complexity index is 520. The standard InChI is InChI=1S/C17H27N3O2/c1-3-22-15-10-14(17(15)7-4-5-8-17)19-16(21)6-9-20-12-13(2)11-18-20/h11-12,14-15H,3-10H2,1-2H3,(H,19,21)/t14-,15+/m0/s1. The molecule has 0 saturated heterocycles. The number of ether oxygens (including phenoxy) is 1. The molecule has 1 spiro atoms. The van der Waals surface area contributed by atoms with Gasteiger partial charge in [0, 0.05) is 37.2 Å². The van der Waals surface area contributed by atoms with E-state index in [2.05, 4.69) is 17.3 Å². The highest BCUT2D eigenvalue weighted by atomic mass is 16.5. The molecule has 1 amide bonds. The highest BCUT2D eigenvalue weighted by Gasteiger charge is 2.57. The van der Waals surface area contributed by atoms with Gasteiger partial charge >= 0.3 is 0 Å². The summed E-state index contributed by atoms with van der Waals surface area (Å²) in [5.41, 5.74) is 1.34. The fourth-order valence-corrected chi connectivity index (χ4v) is 4.16. The third kappa shape index (κ3) is 2.91. The lowest BCUT2D eigenvalue weighted by Crippen LogP contribution is -2.63. The zero-order valence-electron chi connectivity index (χ0n) is 13.7. The van der Waals surface area contributed by atoms with Crippen molar-refractivity contribution in [3.05, 3.63) is 18.0 Å². The summed E-state index contributed by atoms with van der Waals surface area (Å²) in [4.78, 5) is 12.2. The number of amides is 1. The molecule has 1 aromatic heterocycles. The first-order chi connectivity index (χ1) is 10.6. The van der Waals surface area contributed by atoms with Crippen LogP contribution in [0.5, 0.6) is 0 Å². The summed E-state index contributed by atoms with van der Waals surface area (Å²) in [5, 5.41) is 7.48. The molecule has 2 atom stereocenters. The van der Waals surface area contributed by atoms with Gasteiger partial charge in [-0.05, 0) is 38.7 Å². The topological polar surface area (TPSA) is 56.1 Å². The Kier molecular flexibility index (Phi) is 4.52. The molecule has 122 valence electrons. The fraction of sp³-hybridized carbons (Fsp3) is 0.765. The average Bonchev–Trinajstić information content (AvgIpc) is 3.14. The highest BCUT2D eigenvalue weighted by Crippen LogP contribution is 2.54. The van der Waals surface area contributed by atoms with Gasteiger partial charge in [0.15, 0.2) is 0 Å². The van der Waals surface area contributed by atoms with Crippen molar-refractivity contribution in [3.8, 4) is 0 Å². The molecule has 2 aliphatic rings. The Balaban J connectivity index is 1.51. The Morgan fingerprint density at radius 2 is 2.27 bits per heavy atom. The zero-order valence-corrected chi connectivity index (χ0v) is 13.7. The van der Waals surface area contributed by atoms with Crippen molar-refractivity contribution in [3.63, 3.8) is 0 Å². The number of rotatable bonds is 6. The number of carbonyl (C=O) groups excluding carboxylic acids is 1. The molecule has 2 saturated carbocycles. The van der Waals surface area contributed by atoms with Crippen LogP contribution in [-0.2, 0) is 16.1 Å². The molecule has 0 bridgehead atoms. The van der Waals surface area contributed by atoms with E-state index in [9.17, 15) is 4.79 Å². The molecule has 1 heterocycles. The van der Waals surface area contributed by atoms with E-state index in [4.69, 9.17) is 4.74 Å². The molecule has 0 aliphatic heterocycles. The van der Waals surface area contributed by atoms with Crippen molar-refractivity contribution in [1.29, 1.82) is 0 Å². The smallest absolute Gasteiger partial charge is 0.222 e. The van der Waals surface area contributed by atoms with Crippen LogP contribution in [0.4, 0.5) is 0 Å². The summed E-state index contributed by atoms with van der Waals surface area (Å²) in [6.45, 7) is 5.48. The second kappa shape index (κ2) is 6.41. The van der Waals surface area contributed by atoms with Crippen molar-refractivity contribution < 1.29 is 9.53 Å². The first kappa shape index (κ1) is 15.5. The van der Waals surface area contributed by atoms with Crippen molar-refractivity contribution in [1.82, 2.24) is 15.1 Å². The predicted octanol–water partition coefficient (Wildman–Crippen LogP) is 2.44. The van der Waals surface area contributed by atoms with Crippen LogP contribution >= 0.6 is 0 Å². The zero-order chi connectivity index (χ0) is 15.6. The van der Waals surface area contributed by atoms with Crippen LogP contribution in [-0.4, -0.2) is 34.4 Å². The van der Waals surface area contributed by atoms with E-state index in [0.29, 0.717) is 25.1 Å². The van der Waals surface area contributed by atoms with Crippen LogP contribution in [0.2, 0.25) is 0 Å². The van der Waals surface area contributed by atoms with Gasteiger partial charge < -0.3 is 10.1 Å². The van der Waals surface area contributed by atoms with E-state index in [0.717, 1.165) is 18.6 Å². The van der Waals surface area contributed by atoms with Crippen LogP contribution in [0.3, 0.4) is 0 Å². The van der Waals surface area contributed by atoms with E-state index in [1.807, 2.05) is 24.0 Å². The molecule has 2 aliphatic carbocycles. The van der Waals surface area contributed by atoms with Crippen molar-refractivity contribution >= 4 is 5.91 Å². The SMILES string of the molecule is CCO[C@@H]1C[C@H](NC(=O)CCn2cc(C)cn2)C12CCCC2. The number of hydrogen-bond acceptors (Lipinski definition) is 3. The first-order valence-electron chi connectivity index (χ1n) is 8.54. The molecular formula is C17H27N3O2. The Morgan fingerprint density at radius 1 is 1.50 bits per heavy atom. The van der Waals surface area contributed by atoms with Gasteiger partial charge in [0.05, 0.1) is 12.3 Å². The average molecular weight is 305 g/mol. The lowest BCUT2D eigenvalue weighted by Gasteiger charge is -2.54. The summed E-state index contributed by atoms with van der Waals surface area (Å²) in [7, 11) is 0. The molecule has 1 N–H and O–H groups in total. The number of aryl methyl sites for hydroxylation is 2. The minimum absolute atomic E-state index is 0.138. The first-order valence-corrected chi connectivity index (χ1v) is 8.54. The summed E-state index contributed by atoms with van der Waals surface area (Å²) < 4.78 is 7.73. The van der Waals surface area contributed by atoms with Crippen LogP contribution < -0.4 is 5.32 Å². The largest absolute Gasteiger partial charge is 0.378 e.